The molecule has 0 spiro atoms. The van der Waals surface area contributed by atoms with Crippen LogP contribution in [0.4, 0.5) is 13.2 Å². The van der Waals surface area contributed by atoms with Crippen LogP contribution in [0.3, 0.4) is 0 Å². The van der Waals surface area contributed by atoms with Crippen LogP contribution >= 0.6 is 0 Å². The molecule has 1 atom stereocenters. The number of rotatable bonds is 3. The van der Waals surface area contributed by atoms with E-state index in [1.54, 1.807) is 6.08 Å². The van der Waals surface area contributed by atoms with Gasteiger partial charge in [-0.05, 0) is 36.4 Å². The highest BCUT2D eigenvalue weighted by molar-refractivity contribution is 5.92. The average molecular weight is 374 g/mol. The molecule has 0 aromatic heterocycles. The van der Waals surface area contributed by atoms with Gasteiger partial charge in [0, 0.05) is 25.7 Å². The molecule has 0 saturated carbocycles. The zero-order valence-electron chi connectivity index (χ0n) is 15.0. The second-order valence-electron chi connectivity index (χ2n) is 6.67. The molecule has 3 rings (SSSR count). The predicted molar refractivity (Wildman–Crippen MR) is 98.9 cm³/mol. The normalized spacial score (nSPS) is 18.8. The number of likely N-dealkylation sites (N-methyl/N-ethyl adjacent to an activating group) is 1. The topological polar surface area (TPSA) is 23.6 Å². The molecular weight excluding hydrogens is 353 g/mol. The number of hydrogen-bond donors (Lipinski definition) is 0. The lowest BCUT2D eigenvalue weighted by Crippen LogP contribution is -2.48. The number of nitrogens with zero attached hydrogens (tertiary/aromatic N) is 2. The van der Waals surface area contributed by atoms with E-state index in [0.29, 0.717) is 12.1 Å². The fourth-order valence-corrected chi connectivity index (χ4v) is 3.19. The number of benzene rings is 2. The van der Waals surface area contributed by atoms with Crippen LogP contribution in [0.15, 0.2) is 60.7 Å². The van der Waals surface area contributed by atoms with E-state index >= 15 is 0 Å². The smallest absolute Gasteiger partial charge is 0.330 e. The Labute approximate surface area is 156 Å². The van der Waals surface area contributed by atoms with Crippen molar-refractivity contribution in [1.82, 2.24) is 9.80 Å². The largest absolute Gasteiger partial charge is 0.416 e. The highest BCUT2D eigenvalue weighted by atomic mass is 19.4. The number of alkyl halides is 3. The van der Waals surface area contributed by atoms with Crippen LogP contribution in [-0.2, 0) is 11.0 Å². The fraction of sp³-hybridized carbons (Fsp3) is 0.286. The molecule has 1 saturated heterocycles. The molecule has 1 amide bonds. The van der Waals surface area contributed by atoms with Gasteiger partial charge < -0.3 is 9.80 Å². The molecule has 1 fully saturated rings. The monoisotopic (exact) mass is 374 g/mol. The van der Waals surface area contributed by atoms with Gasteiger partial charge in [0.1, 0.15) is 0 Å². The molecule has 0 unspecified atom stereocenters. The molecule has 0 aliphatic carbocycles. The van der Waals surface area contributed by atoms with Crippen molar-refractivity contribution in [3.63, 3.8) is 0 Å². The molecule has 6 heteroatoms. The van der Waals surface area contributed by atoms with E-state index in [4.69, 9.17) is 0 Å². The molecule has 27 heavy (non-hydrogen) atoms. The van der Waals surface area contributed by atoms with Crippen molar-refractivity contribution in [2.75, 3.05) is 26.7 Å². The third kappa shape index (κ3) is 4.77. The van der Waals surface area contributed by atoms with Gasteiger partial charge in [0.15, 0.2) is 0 Å². The van der Waals surface area contributed by atoms with Crippen molar-refractivity contribution in [2.45, 2.75) is 12.2 Å². The first-order chi connectivity index (χ1) is 12.8. The van der Waals surface area contributed by atoms with Crippen LogP contribution in [0.5, 0.6) is 0 Å². The highest BCUT2D eigenvalue weighted by Gasteiger charge is 2.30. The van der Waals surface area contributed by atoms with Gasteiger partial charge in [0.2, 0.25) is 5.91 Å². The summed E-state index contributed by atoms with van der Waals surface area (Å²) < 4.78 is 37.9. The first-order valence-corrected chi connectivity index (χ1v) is 8.74. The molecule has 2 aromatic rings. The molecule has 2 aromatic carbocycles. The van der Waals surface area contributed by atoms with E-state index in [-0.39, 0.29) is 11.9 Å². The average Bonchev–Trinajstić information content (AvgIpc) is 2.66. The Balaban J connectivity index is 1.74. The number of piperazine rings is 1. The number of carbonyl (C=O) groups is 1. The van der Waals surface area contributed by atoms with Gasteiger partial charge in [-0.2, -0.15) is 13.2 Å². The highest BCUT2D eigenvalue weighted by Crippen LogP contribution is 2.29. The molecule has 1 aliphatic heterocycles. The van der Waals surface area contributed by atoms with Crippen LogP contribution in [0.25, 0.3) is 6.08 Å². The lowest BCUT2D eigenvalue weighted by Gasteiger charge is -2.40. The number of carbonyl (C=O) groups excluding carboxylic acids is 1. The van der Waals surface area contributed by atoms with Crippen LogP contribution in [0, 0.1) is 0 Å². The molecule has 1 aliphatic rings. The third-order valence-corrected chi connectivity index (χ3v) is 4.71. The van der Waals surface area contributed by atoms with Crippen LogP contribution in [-0.4, -0.2) is 42.4 Å². The number of amides is 1. The van der Waals surface area contributed by atoms with Gasteiger partial charge in [-0.25, -0.2) is 0 Å². The quantitative estimate of drug-likeness (QED) is 0.751. The minimum atomic E-state index is -4.36. The Morgan fingerprint density at radius 3 is 2.33 bits per heavy atom. The lowest BCUT2D eigenvalue weighted by molar-refractivity contribution is -0.137. The number of halogens is 3. The molecule has 0 bridgehead atoms. The van der Waals surface area contributed by atoms with Crippen molar-refractivity contribution in [1.29, 1.82) is 0 Å². The summed E-state index contributed by atoms with van der Waals surface area (Å²) in [7, 11) is 2.02. The van der Waals surface area contributed by atoms with Crippen molar-refractivity contribution in [2.24, 2.45) is 0 Å². The zero-order chi connectivity index (χ0) is 19.4. The Morgan fingerprint density at radius 1 is 1.04 bits per heavy atom. The maximum Gasteiger partial charge on any atom is 0.416 e. The van der Waals surface area contributed by atoms with E-state index in [1.165, 1.54) is 18.2 Å². The summed E-state index contributed by atoms with van der Waals surface area (Å²) in [6, 6.07) is 14.6. The van der Waals surface area contributed by atoms with Gasteiger partial charge in [-0.1, -0.05) is 42.5 Å². The summed E-state index contributed by atoms with van der Waals surface area (Å²) in [4.78, 5) is 16.7. The van der Waals surface area contributed by atoms with Crippen molar-refractivity contribution in [3.8, 4) is 0 Å². The maximum absolute atomic E-state index is 12.7. The summed E-state index contributed by atoms with van der Waals surface area (Å²) in [6.07, 6.45) is -1.37. The van der Waals surface area contributed by atoms with Crippen molar-refractivity contribution >= 4 is 12.0 Å². The lowest BCUT2D eigenvalue weighted by atomic mass is 10.0. The van der Waals surface area contributed by atoms with Gasteiger partial charge in [0.25, 0.3) is 0 Å². The summed E-state index contributed by atoms with van der Waals surface area (Å²) >= 11 is 0. The summed E-state index contributed by atoms with van der Waals surface area (Å²) in [6.45, 7) is 2.12. The molecule has 0 radical (unpaired) electrons. The van der Waals surface area contributed by atoms with Gasteiger partial charge in [-0.15, -0.1) is 0 Å². The Bertz CT molecular complexity index is 800. The van der Waals surface area contributed by atoms with Gasteiger partial charge in [-0.3, -0.25) is 4.79 Å². The molecule has 0 N–H and O–H groups in total. The standard InChI is InChI=1S/C21H21F3N2O/c1-25-13-14-26(19(15-25)17-5-3-2-4-6-17)20(27)12-9-16-7-10-18(11-8-16)21(22,23)24/h2-12,19H,13-15H2,1H3/b12-9-/t19-/m1/s1. The van der Waals surface area contributed by atoms with E-state index in [9.17, 15) is 18.0 Å². The minimum Gasteiger partial charge on any atom is -0.330 e. The summed E-state index contributed by atoms with van der Waals surface area (Å²) in [5.74, 6) is -0.142. The fourth-order valence-electron chi connectivity index (χ4n) is 3.19. The van der Waals surface area contributed by atoms with Gasteiger partial charge >= 0.3 is 6.18 Å². The zero-order valence-corrected chi connectivity index (χ0v) is 15.0. The molecule has 1 heterocycles. The first-order valence-electron chi connectivity index (χ1n) is 8.74. The number of hydrogen-bond acceptors (Lipinski definition) is 2. The molecular formula is C21H21F3N2O. The second-order valence-corrected chi connectivity index (χ2v) is 6.67. The molecule has 3 nitrogen and oxygen atoms in total. The predicted octanol–water partition coefficient (Wildman–Crippen LogP) is 4.23. The second kappa shape index (κ2) is 7.96. The van der Waals surface area contributed by atoms with Crippen LogP contribution in [0.1, 0.15) is 22.7 Å². The van der Waals surface area contributed by atoms with Crippen molar-refractivity contribution in [3.05, 3.63) is 77.4 Å². The van der Waals surface area contributed by atoms with Gasteiger partial charge in [0.05, 0.1) is 11.6 Å². The summed E-state index contributed by atoms with van der Waals surface area (Å²) in [5, 5.41) is 0. The summed E-state index contributed by atoms with van der Waals surface area (Å²) in [5.41, 5.74) is 0.927. The van der Waals surface area contributed by atoms with Crippen molar-refractivity contribution < 1.29 is 18.0 Å². The maximum atomic E-state index is 12.7. The van der Waals surface area contributed by atoms with Crippen LogP contribution in [0.2, 0.25) is 0 Å². The SMILES string of the molecule is CN1CCN(C(=O)/C=C\c2ccc(C(F)(F)F)cc2)[C@@H](c2ccccc2)C1. The van der Waals surface area contributed by atoms with E-state index in [0.717, 1.165) is 30.8 Å². The minimum absolute atomic E-state index is 0.0466. The Hall–Kier alpha value is -2.60. The van der Waals surface area contributed by atoms with E-state index in [2.05, 4.69) is 4.90 Å². The van der Waals surface area contributed by atoms with E-state index in [1.807, 2.05) is 42.3 Å². The Morgan fingerprint density at radius 2 is 1.70 bits per heavy atom. The van der Waals surface area contributed by atoms with E-state index < -0.39 is 11.7 Å². The first kappa shape index (κ1) is 19.2. The third-order valence-electron chi connectivity index (χ3n) is 4.71. The van der Waals surface area contributed by atoms with Crippen LogP contribution < -0.4 is 0 Å². The molecule has 142 valence electrons. The Kier molecular flexibility index (Phi) is 5.65.